The number of hydrogen-bond acceptors (Lipinski definition) is 7. The molecule has 5 rings (SSSR count). The fourth-order valence-electron chi connectivity index (χ4n) is 4.13. The van der Waals surface area contributed by atoms with Crippen LogP contribution in [-0.4, -0.2) is 29.5 Å². The standard InChI is InChI=1S/C23H26N6O2S/c1-15(2)13-18-24-19(31-27-18)14-32-23-25-21-20(17-11-7-4-8-12-28(17)23)22(30)29(26-21)16-9-5-3-6-10-16/h3,5-6,9-10,15H,4,7-8,11-14H2,1-2H3. The van der Waals surface area contributed by atoms with Gasteiger partial charge in [0.05, 0.1) is 11.4 Å². The normalized spacial score (nSPS) is 14.1. The van der Waals surface area contributed by atoms with Gasteiger partial charge in [0.2, 0.25) is 5.89 Å². The number of nitrogens with zero attached hydrogens (tertiary/aromatic N) is 6. The molecule has 0 N–H and O–H groups in total. The van der Waals surface area contributed by atoms with Crippen molar-refractivity contribution in [2.75, 3.05) is 0 Å². The number of rotatable bonds is 6. The van der Waals surface area contributed by atoms with E-state index in [2.05, 4.69) is 33.7 Å². The second-order valence-corrected chi connectivity index (χ2v) is 9.49. The van der Waals surface area contributed by atoms with Crippen molar-refractivity contribution in [3.05, 3.63) is 58.1 Å². The average molecular weight is 451 g/mol. The van der Waals surface area contributed by atoms with Crippen LogP contribution in [0.25, 0.3) is 17.1 Å². The van der Waals surface area contributed by atoms with Gasteiger partial charge in [-0.25, -0.2) is 4.98 Å². The molecule has 0 saturated heterocycles. The lowest BCUT2D eigenvalue weighted by atomic mass is 10.1. The molecule has 32 heavy (non-hydrogen) atoms. The van der Waals surface area contributed by atoms with Crippen molar-refractivity contribution in [1.82, 2.24) is 29.5 Å². The second-order valence-electron chi connectivity index (χ2n) is 8.55. The third-order valence-electron chi connectivity index (χ3n) is 5.59. The maximum absolute atomic E-state index is 13.3. The van der Waals surface area contributed by atoms with Crippen LogP contribution < -0.4 is 5.56 Å². The summed E-state index contributed by atoms with van der Waals surface area (Å²) in [6.45, 7) is 5.11. The number of benzene rings is 1. The Morgan fingerprint density at radius 1 is 1.12 bits per heavy atom. The lowest BCUT2D eigenvalue weighted by Crippen LogP contribution is -2.19. The van der Waals surface area contributed by atoms with Gasteiger partial charge in [-0.1, -0.05) is 55.4 Å². The predicted octanol–water partition coefficient (Wildman–Crippen LogP) is 4.13. The molecule has 3 aliphatic heterocycles. The van der Waals surface area contributed by atoms with Gasteiger partial charge in [-0.2, -0.15) is 9.67 Å². The molecular formula is C23H26N6O2S. The Labute approximate surface area is 190 Å². The van der Waals surface area contributed by atoms with Gasteiger partial charge < -0.3 is 9.09 Å². The van der Waals surface area contributed by atoms with Crippen molar-refractivity contribution in [1.29, 1.82) is 0 Å². The zero-order valence-corrected chi connectivity index (χ0v) is 19.1. The minimum absolute atomic E-state index is 0.101. The van der Waals surface area contributed by atoms with Gasteiger partial charge in [-0.3, -0.25) is 4.79 Å². The van der Waals surface area contributed by atoms with Crippen molar-refractivity contribution in [2.45, 2.75) is 63.4 Å². The highest BCUT2D eigenvalue weighted by atomic mass is 32.2. The summed E-state index contributed by atoms with van der Waals surface area (Å²) in [5.74, 6) is 2.84. The molecule has 1 aromatic heterocycles. The van der Waals surface area contributed by atoms with Crippen molar-refractivity contribution in [3.8, 4) is 17.1 Å². The molecule has 0 radical (unpaired) electrons. The molecule has 0 bridgehead atoms. The van der Waals surface area contributed by atoms with Gasteiger partial charge >= 0.3 is 0 Å². The van der Waals surface area contributed by atoms with Crippen LogP contribution in [0, 0.1) is 5.92 Å². The first-order valence-corrected chi connectivity index (χ1v) is 12.1. The van der Waals surface area contributed by atoms with Gasteiger partial charge in [0, 0.05) is 18.7 Å². The van der Waals surface area contributed by atoms with Gasteiger partial charge in [0.15, 0.2) is 16.8 Å². The number of aromatic nitrogens is 6. The molecule has 1 aromatic carbocycles. The molecule has 0 amide bonds. The number of fused-ring (bicyclic) bond motifs is 3. The average Bonchev–Trinajstić information content (AvgIpc) is 3.27. The first kappa shape index (κ1) is 20.9. The highest BCUT2D eigenvalue weighted by Gasteiger charge is 2.27. The number of thioether (sulfide) groups is 1. The number of para-hydroxylation sites is 1. The van der Waals surface area contributed by atoms with Crippen LogP contribution in [0.1, 0.15) is 50.5 Å². The Hall–Kier alpha value is -2.94. The fourth-order valence-corrected chi connectivity index (χ4v) is 5.01. The number of hydrogen-bond donors (Lipinski definition) is 0. The molecule has 0 aliphatic carbocycles. The topological polar surface area (TPSA) is 91.6 Å². The molecular weight excluding hydrogens is 424 g/mol. The molecule has 4 heterocycles. The lowest BCUT2D eigenvalue weighted by Gasteiger charge is -2.17. The molecule has 0 unspecified atom stereocenters. The maximum atomic E-state index is 13.3. The predicted molar refractivity (Wildman–Crippen MR) is 122 cm³/mol. The Morgan fingerprint density at radius 2 is 1.97 bits per heavy atom. The smallest absolute Gasteiger partial charge is 0.284 e. The van der Waals surface area contributed by atoms with Gasteiger partial charge in [0.1, 0.15) is 5.56 Å². The Bertz CT molecular complexity index is 1240. The summed E-state index contributed by atoms with van der Waals surface area (Å²) in [5, 5.41) is 9.52. The molecule has 0 spiro atoms. The van der Waals surface area contributed by atoms with E-state index in [1.165, 1.54) is 4.68 Å². The Kier molecular flexibility index (Phi) is 5.82. The van der Waals surface area contributed by atoms with Crippen molar-refractivity contribution < 1.29 is 4.52 Å². The third kappa shape index (κ3) is 4.09. The van der Waals surface area contributed by atoms with Gasteiger partial charge in [0.25, 0.3) is 5.56 Å². The zero-order chi connectivity index (χ0) is 22.1. The molecule has 0 fully saturated rings. The van der Waals surface area contributed by atoms with Crippen molar-refractivity contribution in [3.63, 3.8) is 0 Å². The lowest BCUT2D eigenvalue weighted by molar-refractivity contribution is 0.382. The Morgan fingerprint density at radius 3 is 2.78 bits per heavy atom. The van der Waals surface area contributed by atoms with E-state index in [1.807, 2.05) is 30.3 Å². The van der Waals surface area contributed by atoms with Crippen LogP contribution in [0.2, 0.25) is 0 Å². The summed E-state index contributed by atoms with van der Waals surface area (Å²) < 4.78 is 9.10. The van der Waals surface area contributed by atoms with E-state index >= 15 is 0 Å². The van der Waals surface area contributed by atoms with Crippen molar-refractivity contribution >= 4 is 11.8 Å². The monoisotopic (exact) mass is 450 g/mol. The van der Waals surface area contributed by atoms with Gasteiger partial charge in [-0.15, -0.1) is 5.10 Å². The third-order valence-corrected chi connectivity index (χ3v) is 6.55. The molecule has 0 saturated carbocycles. The maximum Gasteiger partial charge on any atom is 0.284 e. The summed E-state index contributed by atoms with van der Waals surface area (Å²) in [4.78, 5) is 22.6. The summed E-state index contributed by atoms with van der Waals surface area (Å²) in [5.41, 5.74) is 2.32. The first-order valence-electron chi connectivity index (χ1n) is 11.1. The molecule has 0 atom stereocenters. The summed E-state index contributed by atoms with van der Waals surface area (Å²) in [6, 6.07) is 9.51. The van der Waals surface area contributed by atoms with Crippen LogP contribution in [0.5, 0.6) is 0 Å². The van der Waals surface area contributed by atoms with E-state index < -0.39 is 0 Å². The largest absolute Gasteiger partial charge is 0.338 e. The SMILES string of the molecule is CC(C)Cc1noc(CSc2nc3nn(-c4ccccc4)c(=O)c-3c3n2CCCCC3)n1. The van der Waals surface area contributed by atoms with Crippen LogP contribution in [0.4, 0.5) is 0 Å². The highest BCUT2D eigenvalue weighted by molar-refractivity contribution is 7.98. The first-order chi connectivity index (χ1) is 15.6. The quantitative estimate of drug-likeness (QED) is 0.322. The molecule has 2 aromatic rings. The second kappa shape index (κ2) is 8.90. The van der Waals surface area contributed by atoms with Crippen LogP contribution in [0.15, 0.2) is 44.8 Å². The van der Waals surface area contributed by atoms with Crippen LogP contribution in [0.3, 0.4) is 0 Å². The van der Waals surface area contributed by atoms with E-state index in [0.29, 0.717) is 28.9 Å². The zero-order valence-electron chi connectivity index (χ0n) is 18.3. The molecule has 166 valence electrons. The summed E-state index contributed by atoms with van der Waals surface area (Å²) in [7, 11) is 0. The van der Waals surface area contributed by atoms with Crippen LogP contribution >= 0.6 is 11.8 Å². The van der Waals surface area contributed by atoms with Crippen LogP contribution in [-0.2, 0) is 25.1 Å². The molecule has 9 heteroatoms. The fraction of sp³-hybridized carbons (Fsp3) is 0.435. The van der Waals surface area contributed by atoms with E-state index in [9.17, 15) is 4.79 Å². The van der Waals surface area contributed by atoms with E-state index in [-0.39, 0.29) is 5.56 Å². The Balaban J connectivity index is 1.53. The highest BCUT2D eigenvalue weighted by Crippen LogP contribution is 2.31. The molecule has 8 nitrogen and oxygen atoms in total. The molecule has 3 aliphatic rings. The minimum Gasteiger partial charge on any atom is -0.338 e. The summed E-state index contributed by atoms with van der Waals surface area (Å²) >= 11 is 1.56. The van der Waals surface area contributed by atoms with E-state index in [4.69, 9.17) is 9.51 Å². The van der Waals surface area contributed by atoms with E-state index in [0.717, 1.165) is 61.0 Å². The van der Waals surface area contributed by atoms with E-state index in [1.54, 1.807) is 11.8 Å². The van der Waals surface area contributed by atoms with Gasteiger partial charge in [-0.05, 0) is 37.3 Å². The minimum atomic E-state index is -0.101. The van der Waals surface area contributed by atoms with Crippen molar-refractivity contribution in [2.24, 2.45) is 5.92 Å². The summed E-state index contributed by atoms with van der Waals surface area (Å²) in [6.07, 6.45) is 4.91.